The topological polar surface area (TPSA) is 126 Å². The lowest BCUT2D eigenvalue weighted by Crippen LogP contribution is -2.39. The number of thioether (sulfide) groups is 1. The van der Waals surface area contributed by atoms with Gasteiger partial charge in [-0.05, 0) is 97.1 Å². The minimum Gasteiger partial charge on any atom is -0.494 e. The van der Waals surface area contributed by atoms with E-state index >= 15 is 0 Å². The molecule has 4 aromatic rings. The number of carbonyl (C=O) groups excluding carboxylic acids is 2. The Morgan fingerprint density at radius 2 is 1.49 bits per heavy atom. The van der Waals surface area contributed by atoms with E-state index in [9.17, 15) is 18.0 Å². The lowest BCUT2D eigenvalue weighted by molar-refractivity contribution is -0.123. The number of ether oxygens (including phenoxy) is 2. The first-order valence-corrected chi connectivity index (χ1v) is 16.7. The number of hydrazone groups is 1. The number of rotatable bonds is 15. The van der Waals surface area contributed by atoms with Crippen LogP contribution in [0.25, 0.3) is 0 Å². The Hall–Kier alpha value is -4.81. The van der Waals surface area contributed by atoms with Gasteiger partial charge in [-0.1, -0.05) is 30.3 Å². The van der Waals surface area contributed by atoms with Crippen molar-refractivity contribution < 1.29 is 27.5 Å². The van der Waals surface area contributed by atoms with E-state index in [0.717, 1.165) is 14.8 Å². The second-order valence-electron chi connectivity index (χ2n) is 9.53. The van der Waals surface area contributed by atoms with Gasteiger partial charge in [0.2, 0.25) is 0 Å². The quantitative estimate of drug-likeness (QED) is 0.107. The Kier molecular flexibility index (Phi) is 12.0. The summed E-state index contributed by atoms with van der Waals surface area (Å²) in [7, 11) is -4.08. The average molecular weight is 647 g/mol. The highest BCUT2D eigenvalue weighted by Gasteiger charge is 2.27. The van der Waals surface area contributed by atoms with E-state index in [1.54, 1.807) is 60.7 Å². The van der Waals surface area contributed by atoms with E-state index in [-0.39, 0.29) is 17.4 Å². The van der Waals surface area contributed by atoms with E-state index in [4.69, 9.17) is 9.47 Å². The predicted octanol–water partition coefficient (Wildman–Crippen LogP) is 4.85. The van der Waals surface area contributed by atoms with Crippen LogP contribution >= 0.6 is 11.8 Å². The second-order valence-corrected chi connectivity index (χ2v) is 12.3. The highest BCUT2D eigenvalue weighted by atomic mass is 32.2. The first kappa shape index (κ1) is 33.1. The number of amides is 2. The fraction of sp³-hybridized carbons (Fsp3) is 0.182. The van der Waals surface area contributed by atoms with E-state index in [2.05, 4.69) is 15.8 Å². The molecule has 4 aromatic carbocycles. The van der Waals surface area contributed by atoms with Crippen LogP contribution in [0, 0.1) is 0 Å². The molecule has 0 aromatic heterocycles. The number of nitrogens with zero attached hydrogens (tertiary/aromatic N) is 2. The SMILES string of the molecule is CCOc1ccc(N(CC(=O)N/N=C\c2ccc(OCC(=O)NCc3ccccc3)cc2)S(=O)(=O)c2ccc(SC)cc2)cc1. The number of hydrogen-bond acceptors (Lipinski definition) is 8. The van der Waals surface area contributed by atoms with Crippen LogP contribution in [0.4, 0.5) is 5.69 Å². The second kappa shape index (κ2) is 16.3. The van der Waals surface area contributed by atoms with Gasteiger partial charge < -0.3 is 14.8 Å². The minimum absolute atomic E-state index is 0.0569. The molecule has 0 radical (unpaired) electrons. The van der Waals surface area contributed by atoms with Gasteiger partial charge in [0.1, 0.15) is 18.0 Å². The smallest absolute Gasteiger partial charge is 0.264 e. The Bertz CT molecular complexity index is 1680. The van der Waals surface area contributed by atoms with Gasteiger partial charge in [0.25, 0.3) is 21.8 Å². The number of anilines is 1. The van der Waals surface area contributed by atoms with Crippen molar-refractivity contribution in [2.75, 3.05) is 30.3 Å². The Labute approximate surface area is 267 Å². The van der Waals surface area contributed by atoms with Crippen LogP contribution in [-0.2, 0) is 26.2 Å². The normalized spacial score (nSPS) is 11.2. The molecular formula is C33H34N4O6S2. The molecule has 0 spiro atoms. The number of carbonyl (C=O) groups is 2. The van der Waals surface area contributed by atoms with Gasteiger partial charge in [0.05, 0.1) is 23.4 Å². The van der Waals surface area contributed by atoms with Gasteiger partial charge in [0, 0.05) is 11.4 Å². The fourth-order valence-corrected chi connectivity index (χ4v) is 5.89. The molecule has 0 aliphatic rings. The van der Waals surface area contributed by atoms with Crippen molar-refractivity contribution >= 4 is 45.5 Å². The summed E-state index contributed by atoms with van der Waals surface area (Å²) in [6.45, 7) is 2.10. The summed E-state index contributed by atoms with van der Waals surface area (Å²) in [5.41, 5.74) is 4.35. The third-order valence-electron chi connectivity index (χ3n) is 6.36. The Morgan fingerprint density at radius 1 is 0.844 bits per heavy atom. The lowest BCUT2D eigenvalue weighted by Gasteiger charge is -2.24. The molecule has 4 rings (SSSR count). The number of sulfonamides is 1. The molecule has 0 aliphatic heterocycles. The first-order valence-electron chi connectivity index (χ1n) is 14.0. The monoisotopic (exact) mass is 646 g/mol. The molecular weight excluding hydrogens is 613 g/mol. The highest BCUT2D eigenvalue weighted by molar-refractivity contribution is 7.98. The molecule has 0 heterocycles. The third-order valence-corrected chi connectivity index (χ3v) is 8.89. The van der Waals surface area contributed by atoms with Crippen molar-refractivity contribution in [1.82, 2.24) is 10.7 Å². The summed E-state index contributed by atoms with van der Waals surface area (Å²) in [6.07, 6.45) is 3.32. The lowest BCUT2D eigenvalue weighted by atomic mass is 10.2. The van der Waals surface area contributed by atoms with Crippen molar-refractivity contribution in [1.29, 1.82) is 0 Å². The predicted molar refractivity (Wildman–Crippen MR) is 176 cm³/mol. The van der Waals surface area contributed by atoms with Gasteiger partial charge in [-0.15, -0.1) is 11.8 Å². The van der Waals surface area contributed by atoms with E-state index in [1.165, 1.54) is 30.1 Å². The molecule has 0 atom stereocenters. The van der Waals surface area contributed by atoms with Crippen LogP contribution in [0.1, 0.15) is 18.1 Å². The van der Waals surface area contributed by atoms with E-state index in [0.29, 0.717) is 35.9 Å². The number of benzene rings is 4. The molecule has 2 amide bonds. The minimum atomic E-state index is -4.08. The van der Waals surface area contributed by atoms with E-state index in [1.807, 2.05) is 43.5 Å². The van der Waals surface area contributed by atoms with Crippen molar-refractivity contribution in [2.45, 2.75) is 23.3 Å². The van der Waals surface area contributed by atoms with Gasteiger partial charge >= 0.3 is 0 Å². The van der Waals surface area contributed by atoms with E-state index < -0.39 is 22.5 Å². The van der Waals surface area contributed by atoms with Crippen LogP contribution in [0.15, 0.2) is 118 Å². The highest BCUT2D eigenvalue weighted by Crippen LogP contribution is 2.27. The van der Waals surface area contributed by atoms with Crippen molar-refractivity contribution in [3.63, 3.8) is 0 Å². The average Bonchev–Trinajstić information content (AvgIpc) is 3.07. The summed E-state index contributed by atoms with van der Waals surface area (Å²) in [5, 5.41) is 6.79. The third kappa shape index (κ3) is 9.85. The molecule has 12 heteroatoms. The summed E-state index contributed by atoms with van der Waals surface area (Å²) >= 11 is 1.50. The molecule has 2 N–H and O–H groups in total. The van der Waals surface area contributed by atoms with Crippen molar-refractivity contribution in [3.05, 3.63) is 114 Å². The molecule has 0 fully saturated rings. The molecule has 45 heavy (non-hydrogen) atoms. The van der Waals surface area contributed by atoms with Gasteiger partial charge in [0.15, 0.2) is 6.61 Å². The van der Waals surface area contributed by atoms with Gasteiger partial charge in [-0.2, -0.15) is 5.10 Å². The van der Waals surface area contributed by atoms with Crippen LogP contribution in [-0.4, -0.2) is 52.5 Å². The maximum atomic E-state index is 13.6. The van der Waals surface area contributed by atoms with Crippen molar-refractivity contribution in [3.8, 4) is 11.5 Å². The summed E-state index contributed by atoms with van der Waals surface area (Å²) in [4.78, 5) is 26.0. The molecule has 10 nitrogen and oxygen atoms in total. The molecule has 0 unspecified atom stereocenters. The largest absolute Gasteiger partial charge is 0.494 e. The van der Waals surface area contributed by atoms with Crippen LogP contribution in [0.3, 0.4) is 0 Å². The molecule has 234 valence electrons. The van der Waals surface area contributed by atoms with Gasteiger partial charge in [-0.25, -0.2) is 13.8 Å². The van der Waals surface area contributed by atoms with Gasteiger partial charge in [-0.3, -0.25) is 13.9 Å². The zero-order valence-electron chi connectivity index (χ0n) is 24.9. The molecule has 0 bridgehead atoms. The zero-order valence-corrected chi connectivity index (χ0v) is 26.5. The van der Waals surface area contributed by atoms with Crippen LogP contribution < -0.4 is 24.5 Å². The summed E-state index contributed by atoms with van der Waals surface area (Å²) < 4.78 is 39.3. The standard InChI is InChI=1S/C33H34N4O6S2/c1-3-42-28-15-11-27(12-16-28)37(45(40,41)31-19-17-30(44-2)18-20-31)23-32(38)36-35-22-26-9-13-29(14-10-26)43-24-33(39)34-21-25-7-5-4-6-8-25/h4-20,22H,3,21,23-24H2,1-2H3,(H,34,39)(H,36,38)/b35-22-. The van der Waals surface area contributed by atoms with Crippen molar-refractivity contribution in [2.24, 2.45) is 5.10 Å². The number of nitrogens with one attached hydrogen (secondary N) is 2. The summed E-state index contributed by atoms with van der Waals surface area (Å²) in [6, 6.07) is 29.3. The molecule has 0 saturated carbocycles. The Morgan fingerprint density at radius 3 is 2.13 bits per heavy atom. The van der Waals surface area contributed by atoms with Crippen LogP contribution in [0.5, 0.6) is 11.5 Å². The molecule has 0 aliphatic carbocycles. The number of hydrogen-bond donors (Lipinski definition) is 2. The maximum Gasteiger partial charge on any atom is 0.264 e. The fourth-order valence-electron chi connectivity index (χ4n) is 4.06. The first-order chi connectivity index (χ1) is 21.8. The Balaban J connectivity index is 1.35. The van der Waals surface area contributed by atoms with Crippen LogP contribution in [0.2, 0.25) is 0 Å². The summed E-state index contributed by atoms with van der Waals surface area (Å²) in [5.74, 6) is 0.198. The molecule has 0 saturated heterocycles. The maximum absolute atomic E-state index is 13.6. The zero-order chi connectivity index (χ0) is 32.1.